The molecule has 0 aliphatic carbocycles. The highest BCUT2D eigenvalue weighted by Crippen LogP contribution is 2.28. The summed E-state index contributed by atoms with van der Waals surface area (Å²) in [5.74, 6) is 0. The summed E-state index contributed by atoms with van der Waals surface area (Å²) in [6, 6.07) is 2.52. The maximum atomic E-state index is 12.1. The minimum absolute atomic E-state index is 0.683. The average molecular weight is 203 g/mol. The third kappa shape index (κ3) is 3.01. The minimum Gasteiger partial charge on any atom is -0.261 e. The highest BCUT2D eigenvalue weighted by atomic mass is 19.4. The molecule has 1 nitrogen and oxygen atoms in total. The minimum atomic E-state index is -4.28. The van der Waals surface area contributed by atoms with E-state index in [4.69, 9.17) is 0 Å². The second-order valence-corrected chi connectivity index (χ2v) is 3.14. The molecule has 1 aromatic rings. The zero-order valence-electron chi connectivity index (χ0n) is 7.93. The van der Waals surface area contributed by atoms with Crippen LogP contribution in [0.25, 0.3) is 0 Å². The lowest BCUT2D eigenvalue weighted by molar-refractivity contribution is -0.137. The number of alkyl halides is 3. The molecule has 1 aromatic heterocycles. The van der Waals surface area contributed by atoms with E-state index in [0.29, 0.717) is 0 Å². The molecule has 0 aliphatic heterocycles. The van der Waals surface area contributed by atoms with Crippen molar-refractivity contribution in [2.24, 2.45) is 0 Å². The van der Waals surface area contributed by atoms with E-state index in [1.165, 1.54) is 6.07 Å². The van der Waals surface area contributed by atoms with E-state index < -0.39 is 11.7 Å². The fourth-order valence-electron chi connectivity index (χ4n) is 1.10. The summed E-state index contributed by atoms with van der Waals surface area (Å²) in [4.78, 5) is 3.76. The molecule has 0 unspecified atom stereocenters. The van der Waals surface area contributed by atoms with Crippen LogP contribution in [0.4, 0.5) is 13.2 Å². The van der Waals surface area contributed by atoms with Crippen LogP contribution in [0.15, 0.2) is 18.3 Å². The van der Waals surface area contributed by atoms with Gasteiger partial charge in [0.15, 0.2) is 0 Å². The molecular weight excluding hydrogens is 191 g/mol. The molecule has 14 heavy (non-hydrogen) atoms. The van der Waals surface area contributed by atoms with Crippen LogP contribution in [-0.4, -0.2) is 4.98 Å². The fraction of sp³-hybridized carbons (Fsp3) is 0.500. The number of nitrogens with zero attached hydrogens (tertiary/aromatic N) is 1. The molecule has 0 amide bonds. The van der Waals surface area contributed by atoms with Gasteiger partial charge in [-0.25, -0.2) is 0 Å². The number of rotatable bonds is 3. The van der Waals surface area contributed by atoms with E-state index >= 15 is 0 Å². The van der Waals surface area contributed by atoms with Crippen molar-refractivity contribution in [3.05, 3.63) is 29.6 Å². The van der Waals surface area contributed by atoms with Gasteiger partial charge in [0.05, 0.1) is 5.56 Å². The fourth-order valence-corrected chi connectivity index (χ4v) is 1.10. The van der Waals surface area contributed by atoms with Crippen molar-refractivity contribution in [2.75, 3.05) is 0 Å². The summed E-state index contributed by atoms with van der Waals surface area (Å²) >= 11 is 0. The maximum Gasteiger partial charge on any atom is 0.417 e. The topological polar surface area (TPSA) is 12.9 Å². The predicted octanol–water partition coefficient (Wildman–Crippen LogP) is 3.44. The van der Waals surface area contributed by atoms with E-state index in [9.17, 15) is 13.2 Å². The number of halogens is 3. The molecule has 0 bridgehead atoms. The van der Waals surface area contributed by atoms with Crippen LogP contribution in [-0.2, 0) is 12.6 Å². The van der Waals surface area contributed by atoms with Crippen LogP contribution in [0.2, 0.25) is 0 Å². The Morgan fingerprint density at radius 3 is 2.43 bits per heavy atom. The lowest BCUT2D eigenvalue weighted by Gasteiger charge is -2.06. The number of pyridine rings is 1. The van der Waals surface area contributed by atoms with E-state index in [2.05, 4.69) is 4.98 Å². The Bertz CT molecular complexity index is 276. The van der Waals surface area contributed by atoms with Crippen LogP contribution < -0.4 is 0 Å². The van der Waals surface area contributed by atoms with Crippen molar-refractivity contribution in [1.29, 1.82) is 0 Å². The van der Waals surface area contributed by atoms with Crippen molar-refractivity contribution in [1.82, 2.24) is 4.98 Å². The zero-order valence-corrected chi connectivity index (χ0v) is 7.93. The molecule has 0 fully saturated rings. The van der Waals surface area contributed by atoms with Gasteiger partial charge in [-0.05, 0) is 25.0 Å². The van der Waals surface area contributed by atoms with Gasteiger partial charge in [-0.1, -0.05) is 13.3 Å². The summed E-state index contributed by atoms with van der Waals surface area (Å²) in [6.07, 6.45) is -0.670. The Kier molecular flexibility index (Phi) is 3.49. The van der Waals surface area contributed by atoms with Gasteiger partial charge < -0.3 is 0 Å². The molecular formula is C10H12F3N. The molecule has 0 N–H and O–H groups in total. The number of hydrogen-bond donors (Lipinski definition) is 0. The summed E-state index contributed by atoms with van der Waals surface area (Å²) in [5, 5.41) is 0. The summed E-state index contributed by atoms with van der Waals surface area (Å²) in [5.41, 5.74) is 0.0394. The summed E-state index contributed by atoms with van der Waals surface area (Å²) in [7, 11) is 0. The Hall–Kier alpha value is -1.06. The third-order valence-electron chi connectivity index (χ3n) is 1.94. The molecule has 4 heteroatoms. The standard InChI is InChI=1S/C10H12F3N/c1-2-3-4-9-6-5-8(7-14-9)10(11,12)13/h5-7H,2-4H2,1H3. The highest BCUT2D eigenvalue weighted by Gasteiger charge is 2.30. The van der Waals surface area contributed by atoms with Crippen LogP contribution in [0, 0.1) is 0 Å². The summed E-state index contributed by atoms with van der Waals surface area (Å²) < 4.78 is 36.4. The predicted molar refractivity (Wildman–Crippen MR) is 47.9 cm³/mol. The Morgan fingerprint density at radius 1 is 1.29 bits per heavy atom. The largest absolute Gasteiger partial charge is 0.417 e. The lowest BCUT2D eigenvalue weighted by Crippen LogP contribution is -2.05. The maximum absolute atomic E-state index is 12.1. The van der Waals surface area contributed by atoms with Gasteiger partial charge in [-0.2, -0.15) is 13.2 Å². The molecule has 0 saturated heterocycles. The van der Waals surface area contributed by atoms with E-state index in [1.54, 1.807) is 0 Å². The first kappa shape index (κ1) is 11.0. The molecule has 78 valence electrons. The first-order valence-corrected chi connectivity index (χ1v) is 4.56. The second kappa shape index (κ2) is 4.44. The van der Waals surface area contributed by atoms with Gasteiger partial charge in [0.2, 0.25) is 0 Å². The second-order valence-electron chi connectivity index (χ2n) is 3.14. The van der Waals surface area contributed by atoms with E-state index in [0.717, 1.165) is 37.2 Å². The molecule has 1 heterocycles. The average Bonchev–Trinajstić information content (AvgIpc) is 2.14. The van der Waals surface area contributed by atoms with Crippen LogP contribution >= 0.6 is 0 Å². The van der Waals surface area contributed by atoms with Gasteiger partial charge in [0, 0.05) is 11.9 Å². The Morgan fingerprint density at radius 2 is 2.00 bits per heavy atom. The molecule has 0 radical (unpaired) electrons. The molecule has 1 rings (SSSR count). The number of aromatic nitrogens is 1. The van der Waals surface area contributed by atoms with E-state index in [1.807, 2.05) is 6.92 Å². The van der Waals surface area contributed by atoms with Gasteiger partial charge in [0.1, 0.15) is 0 Å². The van der Waals surface area contributed by atoms with Crippen LogP contribution in [0.1, 0.15) is 31.0 Å². The Labute approximate surface area is 81.0 Å². The van der Waals surface area contributed by atoms with Gasteiger partial charge >= 0.3 is 6.18 Å². The normalized spacial score (nSPS) is 11.7. The molecule has 0 atom stereocenters. The molecule has 0 aliphatic rings. The monoisotopic (exact) mass is 203 g/mol. The van der Waals surface area contributed by atoms with Gasteiger partial charge in [-0.3, -0.25) is 4.98 Å². The Balaban J connectivity index is 2.69. The first-order chi connectivity index (χ1) is 6.54. The molecule has 0 saturated carbocycles. The number of hydrogen-bond acceptors (Lipinski definition) is 1. The SMILES string of the molecule is CCCCc1ccc(C(F)(F)F)cn1. The lowest BCUT2D eigenvalue weighted by atomic mass is 10.1. The van der Waals surface area contributed by atoms with Crippen molar-refractivity contribution >= 4 is 0 Å². The van der Waals surface area contributed by atoms with Crippen molar-refractivity contribution < 1.29 is 13.2 Å². The summed E-state index contributed by atoms with van der Waals surface area (Å²) in [6.45, 7) is 2.03. The van der Waals surface area contributed by atoms with E-state index in [-0.39, 0.29) is 0 Å². The number of unbranched alkanes of at least 4 members (excludes halogenated alkanes) is 1. The van der Waals surface area contributed by atoms with Crippen molar-refractivity contribution in [2.45, 2.75) is 32.4 Å². The first-order valence-electron chi connectivity index (χ1n) is 4.56. The highest BCUT2D eigenvalue weighted by molar-refractivity contribution is 5.16. The van der Waals surface area contributed by atoms with Crippen LogP contribution in [0.5, 0.6) is 0 Å². The van der Waals surface area contributed by atoms with Gasteiger partial charge in [-0.15, -0.1) is 0 Å². The third-order valence-corrected chi connectivity index (χ3v) is 1.94. The van der Waals surface area contributed by atoms with Crippen LogP contribution in [0.3, 0.4) is 0 Å². The number of aryl methyl sites for hydroxylation is 1. The van der Waals surface area contributed by atoms with Crippen molar-refractivity contribution in [3.8, 4) is 0 Å². The molecule has 0 spiro atoms. The smallest absolute Gasteiger partial charge is 0.261 e. The van der Waals surface area contributed by atoms with Crippen molar-refractivity contribution in [3.63, 3.8) is 0 Å². The zero-order chi connectivity index (χ0) is 10.6. The molecule has 0 aromatic carbocycles. The quantitative estimate of drug-likeness (QED) is 0.733. The van der Waals surface area contributed by atoms with Gasteiger partial charge in [0.25, 0.3) is 0 Å².